The van der Waals surface area contributed by atoms with Crippen LogP contribution in [0.4, 0.5) is 0 Å². The summed E-state index contributed by atoms with van der Waals surface area (Å²) in [6.07, 6.45) is 4.00. The van der Waals surface area contributed by atoms with Crippen molar-refractivity contribution in [3.8, 4) is 0 Å². The highest BCUT2D eigenvalue weighted by molar-refractivity contribution is 6.42. The van der Waals surface area contributed by atoms with E-state index >= 15 is 0 Å². The van der Waals surface area contributed by atoms with Gasteiger partial charge in [0.2, 0.25) is 17.7 Å². The molecule has 0 saturated carbocycles. The van der Waals surface area contributed by atoms with Gasteiger partial charge in [0.25, 0.3) is 5.91 Å². The van der Waals surface area contributed by atoms with Crippen molar-refractivity contribution in [3.63, 3.8) is 0 Å². The minimum Gasteiger partial charge on any atom is -0.457 e. The third-order valence-corrected chi connectivity index (χ3v) is 8.21. The van der Waals surface area contributed by atoms with Crippen LogP contribution < -0.4 is 16.0 Å². The number of carbonyl (C=O) groups excluding carboxylic acids is 6. The second-order valence-corrected chi connectivity index (χ2v) is 12.4. The molecule has 46 heavy (non-hydrogen) atoms. The maximum absolute atomic E-state index is 14.1. The topological polar surface area (TPSA) is 177 Å². The Labute approximate surface area is 277 Å². The van der Waals surface area contributed by atoms with E-state index in [4.69, 9.17) is 27.9 Å². The van der Waals surface area contributed by atoms with E-state index in [0.29, 0.717) is 12.7 Å². The van der Waals surface area contributed by atoms with E-state index in [-0.39, 0.29) is 40.2 Å². The minimum absolute atomic E-state index is 0.0190. The summed E-state index contributed by atoms with van der Waals surface area (Å²) in [5.41, 5.74) is 0.147. The van der Waals surface area contributed by atoms with Crippen LogP contribution in [0.15, 0.2) is 36.8 Å². The lowest BCUT2D eigenvalue weighted by atomic mass is 9.98. The molecule has 1 aliphatic heterocycles. The third kappa shape index (κ3) is 9.23. The number of likely N-dealkylation sites (tertiary alicyclic amines) is 1. The zero-order valence-corrected chi connectivity index (χ0v) is 27.7. The van der Waals surface area contributed by atoms with Crippen LogP contribution in [0.2, 0.25) is 10.0 Å². The molecule has 0 aliphatic carbocycles. The van der Waals surface area contributed by atoms with E-state index in [9.17, 15) is 28.8 Å². The zero-order valence-electron chi connectivity index (χ0n) is 26.2. The van der Waals surface area contributed by atoms with E-state index in [2.05, 4.69) is 25.9 Å². The fourth-order valence-electron chi connectivity index (χ4n) is 4.83. The van der Waals surface area contributed by atoms with Crippen molar-refractivity contribution in [2.45, 2.75) is 77.7 Å². The minimum atomic E-state index is -1.12. The molecule has 0 spiro atoms. The van der Waals surface area contributed by atoms with E-state index in [1.165, 1.54) is 41.7 Å². The molecule has 4 amide bonds. The van der Waals surface area contributed by atoms with Crippen LogP contribution in [0.1, 0.15) is 68.3 Å². The lowest BCUT2D eigenvalue weighted by Gasteiger charge is -2.32. The molecule has 1 aliphatic rings. The first-order valence-electron chi connectivity index (χ1n) is 14.9. The molecular weight excluding hydrogens is 639 g/mol. The highest BCUT2D eigenvalue weighted by Gasteiger charge is 2.45. The summed E-state index contributed by atoms with van der Waals surface area (Å²) in [5.74, 6) is -3.98. The Balaban J connectivity index is 1.83. The third-order valence-electron chi connectivity index (χ3n) is 7.47. The van der Waals surface area contributed by atoms with Gasteiger partial charge in [-0.2, -0.15) is 0 Å². The van der Waals surface area contributed by atoms with Gasteiger partial charge in [-0.25, -0.2) is 9.78 Å². The van der Waals surface area contributed by atoms with Gasteiger partial charge in [-0.05, 0) is 36.5 Å². The average molecular weight is 678 g/mol. The Morgan fingerprint density at radius 2 is 1.70 bits per heavy atom. The second-order valence-electron chi connectivity index (χ2n) is 11.6. The first kappa shape index (κ1) is 36.4. The Bertz CT molecular complexity index is 1440. The smallest absolute Gasteiger partial charge is 0.338 e. The molecule has 1 fully saturated rings. The van der Waals surface area contributed by atoms with Gasteiger partial charge < -0.3 is 30.4 Å². The Kier molecular flexibility index (Phi) is 13.0. The number of esters is 1. The quantitative estimate of drug-likeness (QED) is 0.213. The molecule has 0 unspecified atom stereocenters. The first-order valence-corrected chi connectivity index (χ1v) is 15.6. The summed E-state index contributed by atoms with van der Waals surface area (Å²) in [6, 6.07) is 0.197. The molecule has 15 heteroatoms. The molecule has 3 rings (SSSR count). The molecule has 5 atom stereocenters. The number of nitrogens with one attached hydrogen (secondary N) is 3. The van der Waals surface area contributed by atoms with Crippen molar-refractivity contribution in [2.75, 3.05) is 6.54 Å². The highest BCUT2D eigenvalue weighted by Crippen LogP contribution is 2.27. The van der Waals surface area contributed by atoms with Gasteiger partial charge in [-0.3, -0.25) is 24.2 Å². The first-order chi connectivity index (χ1) is 21.8. The predicted molar refractivity (Wildman–Crippen MR) is 169 cm³/mol. The number of ether oxygens (including phenoxy) is 1. The monoisotopic (exact) mass is 676 g/mol. The number of aromatic nitrogens is 2. The van der Waals surface area contributed by atoms with E-state index in [1.54, 1.807) is 34.6 Å². The molecule has 1 saturated heterocycles. The van der Waals surface area contributed by atoms with Crippen LogP contribution in [-0.4, -0.2) is 87.6 Å². The summed E-state index contributed by atoms with van der Waals surface area (Å²) in [5, 5.41) is 8.42. The lowest BCUT2D eigenvalue weighted by Crippen LogP contribution is -2.59. The molecule has 1 aromatic heterocycles. The van der Waals surface area contributed by atoms with Crippen LogP contribution in [0.25, 0.3) is 0 Å². The number of nitrogens with zero attached hydrogens (tertiary/aromatic N) is 3. The maximum Gasteiger partial charge on any atom is 0.338 e. The highest BCUT2D eigenvalue weighted by atomic mass is 35.5. The number of benzene rings is 1. The molecule has 0 radical (unpaired) electrons. The zero-order chi connectivity index (χ0) is 34.1. The van der Waals surface area contributed by atoms with Crippen LogP contribution >= 0.6 is 23.2 Å². The standard InChI is InChI=1S/C31H38Cl2N6O7/c1-6-19(15-40)36-28(42)24-12-20(46-31(45)18-7-8-21(32)22(33)11-18)14-39(24)30(44)26(17(4)5)38-29(43)25(16(2)3)37-27(41)23-13-34-9-10-35-23/h7-11,13,15-17,19-20,24-26H,6,12,14H2,1-5H3,(H,36,42)(H,37,41)(H,38,43)/t19-,20+,24-,25-,26-/m0/s1. The van der Waals surface area contributed by atoms with Gasteiger partial charge in [-0.15, -0.1) is 0 Å². The van der Waals surface area contributed by atoms with Gasteiger partial charge in [0.05, 0.1) is 34.4 Å². The summed E-state index contributed by atoms with van der Waals surface area (Å²) in [6.45, 7) is 8.47. The summed E-state index contributed by atoms with van der Waals surface area (Å²) in [4.78, 5) is 87.1. The normalized spacial score (nSPS) is 18.0. The summed E-state index contributed by atoms with van der Waals surface area (Å²) in [7, 11) is 0. The number of hydrogen-bond acceptors (Lipinski definition) is 9. The van der Waals surface area contributed by atoms with Crippen molar-refractivity contribution in [3.05, 3.63) is 58.1 Å². The van der Waals surface area contributed by atoms with Gasteiger partial charge in [0.1, 0.15) is 36.2 Å². The fraction of sp³-hybridized carbons (Fsp3) is 0.484. The molecule has 1 aromatic carbocycles. The number of aldehydes is 1. The number of rotatable bonds is 13. The maximum atomic E-state index is 14.1. The van der Waals surface area contributed by atoms with Crippen LogP contribution in [0, 0.1) is 11.8 Å². The largest absolute Gasteiger partial charge is 0.457 e. The van der Waals surface area contributed by atoms with Crippen molar-refractivity contribution in [2.24, 2.45) is 11.8 Å². The van der Waals surface area contributed by atoms with Crippen molar-refractivity contribution < 1.29 is 33.5 Å². The van der Waals surface area contributed by atoms with Gasteiger partial charge in [-0.1, -0.05) is 57.8 Å². The predicted octanol–water partition coefficient (Wildman–Crippen LogP) is 2.60. The van der Waals surface area contributed by atoms with E-state index in [0.717, 1.165) is 0 Å². The van der Waals surface area contributed by atoms with Gasteiger partial charge in [0.15, 0.2) is 0 Å². The summed E-state index contributed by atoms with van der Waals surface area (Å²) < 4.78 is 5.66. The van der Waals surface area contributed by atoms with Crippen molar-refractivity contribution >= 4 is 59.1 Å². The fourth-order valence-corrected chi connectivity index (χ4v) is 5.13. The van der Waals surface area contributed by atoms with Crippen molar-refractivity contribution in [1.82, 2.24) is 30.8 Å². The molecule has 2 heterocycles. The average Bonchev–Trinajstić information content (AvgIpc) is 3.45. The molecule has 248 valence electrons. The van der Waals surface area contributed by atoms with Crippen LogP contribution in [0.3, 0.4) is 0 Å². The summed E-state index contributed by atoms with van der Waals surface area (Å²) >= 11 is 12.0. The van der Waals surface area contributed by atoms with E-state index < -0.39 is 65.8 Å². The number of hydrogen-bond donors (Lipinski definition) is 3. The van der Waals surface area contributed by atoms with Crippen LogP contribution in [-0.2, 0) is 23.9 Å². The lowest BCUT2D eigenvalue weighted by molar-refractivity contribution is -0.143. The van der Waals surface area contributed by atoms with Crippen molar-refractivity contribution in [1.29, 1.82) is 0 Å². The molecular formula is C31H38Cl2N6O7. The molecule has 2 aromatic rings. The van der Waals surface area contributed by atoms with E-state index in [1.807, 2.05) is 0 Å². The van der Waals surface area contributed by atoms with Crippen LogP contribution in [0.5, 0.6) is 0 Å². The molecule has 0 bridgehead atoms. The SMILES string of the molecule is CC[C@@H](C=O)NC(=O)[C@@H]1C[C@@H](OC(=O)c2ccc(Cl)c(Cl)c2)CN1C(=O)[C@@H](NC(=O)[C@@H](NC(=O)c1cnccn1)C(C)C)C(C)C. The second kappa shape index (κ2) is 16.5. The number of carbonyl (C=O) groups is 6. The Morgan fingerprint density at radius 3 is 2.26 bits per heavy atom. The van der Waals surface area contributed by atoms with Gasteiger partial charge in [0, 0.05) is 18.8 Å². The molecule has 13 nitrogen and oxygen atoms in total. The number of amides is 4. The molecule has 3 N–H and O–H groups in total. The Hall–Kier alpha value is -4.10. The van der Waals surface area contributed by atoms with Gasteiger partial charge >= 0.3 is 5.97 Å². The Morgan fingerprint density at radius 1 is 1.00 bits per heavy atom. The number of halogens is 2.